The number of hydrogen-bond acceptors (Lipinski definition) is 4. The van der Waals surface area contributed by atoms with Crippen LogP contribution >= 0.6 is 0 Å². The molecule has 0 aliphatic carbocycles. The van der Waals surface area contributed by atoms with Crippen LogP contribution in [0.15, 0.2) is 12.2 Å². The van der Waals surface area contributed by atoms with Gasteiger partial charge in [0.05, 0.1) is 17.1 Å². The van der Waals surface area contributed by atoms with Crippen molar-refractivity contribution in [1.29, 1.82) is 0 Å². The van der Waals surface area contributed by atoms with Crippen molar-refractivity contribution < 1.29 is 19.7 Å². The van der Waals surface area contributed by atoms with E-state index >= 15 is 0 Å². The first kappa shape index (κ1) is 24.1. The summed E-state index contributed by atoms with van der Waals surface area (Å²) >= 11 is 0. The predicted octanol–water partition coefficient (Wildman–Crippen LogP) is 4.48. The first-order chi connectivity index (χ1) is 10.9. The maximum Gasteiger partial charge on any atom is 0.312 e. The molecule has 0 spiro atoms. The second-order valence-electron chi connectivity index (χ2n) is 9.97. The van der Waals surface area contributed by atoms with Gasteiger partial charge in [0, 0.05) is 11.8 Å². The number of hydrogen-bond donors (Lipinski definition) is 2. The van der Waals surface area contributed by atoms with Crippen LogP contribution < -0.4 is 0 Å². The number of rotatable bonds is 9. The van der Waals surface area contributed by atoms with E-state index in [0.717, 1.165) is 0 Å². The average Bonchev–Trinajstić information content (AvgIpc) is 2.33. The van der Waals surface area contributed by atoms with Gasteiger partial charge in [-0.25, -0.2) is 0 Å². The van der Waals surface area contributed by atoms with Gasteiger partial charge in [0.1, 0.15) is 5.60 Å². The molecule has 0 saturated carbocycles. The van der Waals surface area contributed by atoms with E-state index < -0.39 is 22.7 Å². The van der Waals surface area contributed by atoms with Crippen molar-refractivity contribution in [3.8, 4) is 0 Å². The van der Waals surface area contributed by atoms with Crippen LogP contribution in [0.25, 0.3) is 0 Å². The maximum absolute atomic E-state index is 12.7. The van der Waals surface area contributed by atoms with Crippen LogP contribution in [0.4, 0.5) is 0 Å². The quantitative estimate of drug-likeness (QED) is 0.472. The van der Waals surface area contributed by atoms with E-state index in [4.69, 9.17) is 4.74 Å². The highest BCUT2D eigenvalue weighted by atomic mass is 16.6. The van der Waals surface area contributed by atoms with Crippen LogP contribution in [0.5, 0.6) is 0 Å². The third kappa shape index (κ3) is 8.37. The molecule has 4 heteroatoms. The van der Waals surface area contributed by atoms with Gasteiger partial charge in [0.15, 0.2) is 0 Å². The minimum absolute atomic E-state index is 0.0638. The van der Waals surface area contributed by atoms with Gasteiger partial charge in [-0.2, -0.15) is 0 Å². The lowest BCUT2D eigenvalue weighted by Gasteiger charge is -2.38. The molecule has 2 unspecified atom stereocenters. The molecule has 0 aliphatic rings. The summed E-state index contributed by atoms with van der Waals surface area (Å²) in [6, 6.07) is 0. The molecule has 0 radical (unpaired) electrons. The number of ether oxygens (including phenoxy) is 1. The number of carbonyl (C=O) groups is 1. The molecule has 0 saturated heterocycles. The SMILES string of the molecule is CC=CC(C)(C)C(O)C(C)CC(C)(C)C(=O)OC(C)(C)CC(C)(C)O. The summed E-state index contributed by atoms with van der Waals surface area (Å²) in [5.41, 5.74) is -2.73. The molecule has 2 atom stereocenters. The van der Waals surface area contributed by atoms with Gasteiger partial charge in [-0.15, -0.1) is 0 Å². The third-order valence-electron chi connectivity index (χ3n) is 4.51. The summed E-state index contributed by atoms with van der Waals surface area (Å²) in [6.45, 7) is 18.6. The maximum atomic E-state index is 12.7. The smallest absolute Gasteiger partial charge is 0.312 e. The highest BCUT2D eigenvalue weighted by molar-refractivity contribution is 5.76. The lowest BCUT2D eigenvalue weighted by Crippen LogP contribution is -2.42. The molecule has 0 aliphatic heterocycles. The van der Waals surface area contributed by atoms with Gasteiger partial charge in [0.2, 0.25) is 0 Å². The van der Waals surface area contributed by atoms with Crippen molar-refractivity contribution >= 4 is 5.97 Å². The lowest BCUT2D eigenvalue weighted by atomic mass is 9.73. The third-order valence-corrected chi connectivity index (χ3v) is 4.51. The molecule has 0 fully saturated rings. The monoisotopic (exact) mass is 356 g/mol. The molecular formula is C21H40O4. The molecule has 0 rings (SSSR count). The first-order valence-corrected chi connectivity index (χ1v) is 9.21. The van der Waals surface area contributed by atoms with Crippen molar-refractivity contribution in [1.82, 2.24) is 0 Å². The fourth-order valence-corrected chi connectivity index (χ4v) is 3.73. The van der Waals surface area contributed by atoms with E-state index in [9.17, 15) is 15.0 Å². The van der Waals surface area contributed by atoms with E-state index in [1.165, 1.54) is 0 Å². The van der Waals surface area contributed by atoms with Gasteiger partial charge in [-0.1, -0.05) is 32.9 Å². The fourth-order valence-electron chi connectivity index (χ4n) is 3.73. The van der Waals surface area contributed by atoms with Gasteiger partial charge >= 0.3 is 5.97 Å². The average molecular weight is 357 g/mol. The van der Waals surface area contributed by atoms with Crippen LogP contribution in [-0.2, 0) is 9.53 Å². The Balaban J connectivity index is 5.04. The zero-order valence-corrected chi connectivity index (χ0v) is 17.9. The Morgan fingerprint density at radius 2 is 1.56 bits per heavy atom. The Morgan fingerprint density at radius 3 is 1.96 bits per heavy atom. The fraction of sp³-hybridized carbons (Fsp3) is 0.857. The van der Waals surface area contributed by atoms with Crippen LogP contribution in [0, 0.1) is 16.7 Å². The van der Waals surface area contributed by atoms with Gasteiger partial charge in [-0.05, 0) is 60.8 Å². The van der Waals surface area contributed by atoms with Crippen LogP contribution in [0.1, 0.15) is 82.1 Å². The van der Waals surface area contributed by atoms with Gasteiger partial charge in [-0.3, -0.25) is 4.79 Å². The molecule has 25 heavy (non-hydrogen) atoms. The molecule has 0 aromatic carbocycles. The van der Waals surface area contributed by atoms with Crippen molar-refractivity contribution in [3.63, 3.8) is 0 Å². The molecule has 2 N–H and O–H groups in total. The number of aliphatic hydroxyl groups is 2. The zero-order valence-electron chi connectivity index (χ0n) is 17.9. The highest BCUT2D eigenvalue weighted by Crippen LogP contribution is 2.36. The Morgan fingerprint density at radius 1 is 1.08 bits per heavy atom. The van der Waals surface area contributed by atoms with E-state index in [-0.39, 0.29) is 17.3 Å². The van der Waals surface area contributed by atoms with Crippen molar-refractivity contribution in [2.24, 2.45) is 16.7 Å². The Bertz CT molecular complexity index is 467. The van der Waals surface area contributed by atoms with Crippen molar-refractivity contribution in [3.05, 3.63) is 12.2 Å². The molecule has 0 bridgehead atoms. The second-order valence-corrected chi connectivity index (χ2v) is 9.97. The highest BCUT2D eigenvalue weighted by Gasteiger charge is 2.40. The standard InChI is InChI=1S/C21H40O4/c1-11-12-18(3,4)16(22)15(2)13-19(5,6)17(23)25-21(9,10)14-20(7,8)24/h11-12,15-16,22,24H,13-14H2,1-10H3. The molecule has 0 aromatic heterocycles. The Hall–Kier alpha value is -0.870. The second kappa shape index (κ2) is 8.22. The molecular weight excluding hydrogens is 316 g/mol. The summed E-state index contributed by atoms with van der Waals surface area (Å²) in [6.07, 6.45) is 4.25. The van der Waals surface area contributed by atoms with E-state index in [0.29, 0.717) is 12.8 Å². The Kier molecular flexibility index (Phi) is 7.93. The number of esters is 1. The van der Waals surface area contributed by atoms with Crippen molar-refractivity contribution in [2.45, 2.75) is 99.4 Å². The molecule has 0 heterocycles. The number of carbonyl (C=O) groups excluding carboxylic acids is 1. The van der Waals surface area contributed by atoms with Gasteiger partial charge in [0.25, 0.3) is 0 Å². The predicted molar refractivity (Wildman–Crippen MR) is 103 cm³/mol. The van der Waals surface area contributed by atoms with E-state index in [1.54, 1.807) is 13.8 Å². The van der Waals surface area contributed by atoms with Crippen LogP contribution in [0.3, 0.4) is 0 Å². The topological polar surface area (TPSA) is 66.8 Å². The number of aliphatic hydroxyl groups excluding tert-OH is 1. The number of allylic oxidation sites excluding steroid dienone is 1. The molecule has 4 nitrogen and oxygen atoms in total. The first-order valence-electron chi connectivity index (χ1n) is 9.21. The minimum atomic E-state index is -0.909. The summed E-state index contributed by atoms with van der Waals surface area (Å²) in [5, 5.41) is 20.7. The summed E-state index contributed by atoms with van der Waals surface area (Å²) in [5.74, 6) is -0.365. The summed E-state index contributed by atoms with van der Waals surface area (Å²) < 4.78 is 5.70. The largest absolute Gasteiger partial charge is 0.459 e. The molecule has 0 aromatic rings. The van der Waals surface area contributed by atoms with E-state index in [2.05, 4.69) is 0 Å². The lowest BCUT2D eigenvalue weighted by molar-refractivity contribution is -0.173. The Labute approximate surface area is 154 Å². The van der Waals surface area contributed by atoms with Crippen LogP contribution in [-0.4, -0.2) is 33.5 Å². The normalized spacial score (nSPS) is 16.8. The molecule has 148 valence electrons. The minimum Gasteiger partial charge on any atom is -0.459 e. The van der Waals surface area contributed by atoms with Crippen molar-refractivity contribution in [2.75, 3.05) is 0 Å². The van der Waals surface area contributed by atoms with Crippen LogP contribution in [0.2, 0.25) is 0 Å². The zero-order chi connectivity index (χ0) is 20.3. The molecule has 0 amide bonds. The summed E-state index contributed by atoms with van der Waals surface area (Å²) in [4.78, 5) is 12.7. The summed E-state index contributed by atoms with van der Waals surface area (Å²) in [7, 11) is 0. The van der Waals surface area contributed by atoms with E-state index in [1.807, 2.05) is 67.5 Å². The van der Waals surface area contributed by atoms with Gasteiger partial charge < -0.3 is 14.9 Å².